The summed E-state index contributed by atoms with van der Waals surface area (Å²) in [6, 6.07) is 0.507. The standard InChI is InChI=1S/C11H20N2O2/c1-9-7-12(11(14)8-13(9)15)10-5-3-2-4-6-10/h9-10,15H,2-8H2,1H3. The molecule has 1 saturated heterocycles. The molecule has 0 aromatic heterocycles. The Balaban J connectivity index is 1.98. The highest BCUT2D eigenvalue weighted by molar-refractivity contribution is 5.79. The Bertz CT molecular complexity index is 239. The van der Waals surface area contributed by atoms with Gasteiger partial charge in [0, 0.05) is 12.6 Å². The average molecular weight is 212 g/mol. The molecule has 0 aromatic carbocycles. The first kappa shape index (κ1) is 10.9. The number of rotatable bonds is 1. The van der Waals surface area contributed by atoms with Gasteiger partial charge in [-0.05, 0) is 19.8 Å². The van der Waals surface area contributed by atoms with E-state index in [4.69, 9.17) is 0 Å². The molecule has 2 aliphatic rings. The van der Waals surface area contributed by atoms with Crippen molar-refractivity contribution in [1.29, 1.82) is 0 Å². The molecule has 0 bridgehead atoms. The van der Waals surface area contributed by atoms with Crippen molar-refractivity contribution in [2.75, 3.05) is 13.1 Å². The Hall–Kier alpha value is -0.610. The van der Waals surface area contributed by atoms with Gasteiger partial charge in [-0.3, -0.25) is 4.79 Å². The fourth-order valence-electron chi connectivity index (χ4n) is 2.61. The van der Waals surface area contributed by atoms with Crippen molar-refractivity contribution in [3.63, 3.8) is 0 Å². The summed E-state index contributed by atoms with van der Waals surface area (Å²) in [4.78, 5) is 13.8. The minimum absolute atomic E-state index is 0.0737. The summed E-state index contributed by atoms with van der Waals surface area (Å²) in [5.41, 5.74) is 0. The molecule has 2 rings (SSSR count). The molecular weight excluding hydrogens is 192 g/mol. The number of carbonyl (C=O) groups is 1. The van der Waals surface area contributed by atoms with Gasteiger partial charge in [0.05, 0.1) is 6.04 Å². The largest absolute Gasteiger partial charge is 0.337 e. The molecular formula is C11H20N2O2. The van der Waals surface area contributed by atoms with Crippen LogP contribution in [0.15, 0.2) is 0 Å². The maximum absolute atomic E-state index is 11.8. The Morgan fingerprint density at radius 3 is 2.60 bits per heavy atom. The van der Waals surface area contributed by atoms with Crippen LogP contribution in [0.2, 0.25) is 0 Å². The van der Waals surface area contributed by atoms with Gasteiger partial charge in [0.25, 0.3) is 0 Å². The molecule has 1 amide bonds. The molecule has 1 unspecified atom stereocenters. The van der Waals surface area contributed by atoms with Gasteiger partial charge >= 0.3 is 0 Å². The van der Waals surface area contributed by atoms with Crippen LogP contribution in [0.3, 0.4) is 0 Å². The lowest BCUT2D eigenvalue weighted by Gasteiger charge is -2.41. The van der Waals surface area contributed by atoms with Crippen LogP contribution in [-0.4, -0.2) is 46.3 Å². The number of hydroxylamine groups is 2. The van der Waals surface area contributed by atoms with Crippen molar-refractivity contribution < 1.29 is 10.0 Å². The number of amides is 1. The second-order valence-electron chi connectivity index (χ2n) is 4.78. The zero-order valence-electron chi connectivity index (χ0n) is 9.35. The van der Waals surface area contributed by atoms with Crippen molar-refractivity contribution in [2.24, 2.45) is 0 Å². The Morgan fingerprint density at radius 1 is 1.27 bits per heavy atom. The fourth-order valence-corrected chi connectivity index (χ4v) is 2.61. The molecule has 1 aliphatic heterocycles. The fraction of sp³-hybridized carbons (Fsp3) is 0.909. The highest BCUT2D eigenvalue weighted by atomic mass is 16.5. The van der Waals surface area contributed by atoms with Crippen LogP contribution >= 0.6 is 0 Å². The molecule has 86 valence electrons. The Kier molecular flexibility index (Phi) is 3.26. The van der Waals surface area contributed by atoms with Crippen LogP contribution < -0.4 is 0 Å². The number of carbonyl (C=O) groups excluding carboxylic acids is 1. The molecule has 1 atom stereocenters. The molecule has 0 spiro atoms. The summed E-state index contributed by atoms with van der Waals surface area (Å²) in [6.45, 7) is 2.81. The third kappa shape index (κ3) is 2.32. The van der Waals surface area contributed by atoms with Crippen LogP contribution in [0, 0.1) is 0 Å². The predicted molar refractivity (Wildman–Crippen MR) is 56.5 cm³/mol. The molecule has 15 heavy (non-hydrogen) atoms. The van der Waals surface area contributed by atoms with Gasteiger partial charge in [-0.25, -0.2) is 0 Å². The quantitative estimate of drug-likeness (QED) is 0.711. The SMILES string of the molecule is CC1CN(C2CCCCC2)C(=O)CN1O. The van der Waals surface area contributed by atoms with Crippen LogP contribution in [0.4, 0.5) is 0 Å². The van der Waals surface area contributed by atoms with Crippen LogP contribution in [0.25, 0.3) is 0 Å². The van der Waals surface area contributed by atoms with Gasteiger partial charge in [-0.2, -0.15) is 5.06 Å². The third-order valence-corrected chi connectivity index (χ3v) is 3.60. The normalized spacial score (nSPS) is 30.9. The topological polar surface area (TPSA) is 43.8 Å². The maximum Gasteiger partial charge on any atom is 0.239 e. The van der Waals surface area contributed by atoms with Gasteiger partial charge in [0.15, 0.2) is 0 Å². The third-order valence-electron chi connectivity index (χ3n) is 3.60. The lowest BCUT2D eigenvalue weighted by molar-refractivity contribution is -0.177. The van der Waals surface area contributed by atoms with Crippen molar-refractivity contribution in [3.05, 3.63) is 0 Å². The number of hydrogen-bond acceptors (Lipinski definition) is 3. The molecule has 1 heterocycles. The van der Waals surface area contributed by atoms with E-state index in [1.165, 1.54) is 19.3 Å². The lowest BCUT2D eigenvalue weighted by atomic mass is 9.93. The monoisotopic (exact) mass is 212 g/mol. The minimum atomic E-state index is 0.0737. The van der Waals surface area contributed by atoms with Gasteiger partial charge in [0.1, 0.15) is 6.54 Å². The van der Waals surface area contributed by atoms with Crippen molar-refractivity contribution in [1.82, 2.24) is 9.96 Å². The van der Waals surface area contributed by atoms with E-state index in [0.717, 1.165) is 17.9 Å². The summed E-state index contributed by atoms with van der Waals surface area (Å²) in [7, 11) is 0. The van der Waals surface area contributed by atoms with Crippen LogP contribution in [0.1, 0.15) is 39.0 Å². The van der Waals surface area contributed by atoms with Crippen molar-refractivity contribution >= 4 is 5.91 Å². The van der Waals surface area contributed by atoms with Crippen LogP contribution in [0.5, 0.6) is 0 Å². The lowest BCUT2D eigenvalue weighted by Crippen LogP contribution is -2.57. The maximum atomic E-state index is 11.8. The van der Waals surface area contributed by atoms with E-state index in [2.05, 4.69) is 0 Å². The van der Waals surface area contributed by atoms with E-state index >= 15 is 0 Å². The summed E-state index contributed by atoms with van der Waals surface area (Å²) in [5, 5.41) is 10.6. The van der Waals surface area contributed by atoms with E-state index in [9.17, 15) is 10.0 Å². The van der Waals surface area contributed by atoms with E-state index in [1.807, 2.05) is 11.8 Å². The second kappa shape index (κ2) is 4.49. The summed E-state index contributed by atoms with van der Waals surface area (Å²) < 4.78 is 0. The van der Waals surface area contributed by atoms with Crippen molar-refractivity contribution in [3.8, 4) is 0 Å². The number of piperazine rings is 1. The van der Waals surface area contributed by atoms with Gasteiger partial charge in [-0.15, -0.1) is 0 Å². The first-order chi connectivity index (χ1) is 7.18. The minimum Gasteiger partial charge on any atom is -0.337 e. The predicted octanol–water partition coefficient (Wildman–Crippen LogP) is 1.24. The summed E-state index contributed by atoms with van der Waals surface area (Å²) in [6.07, 6.45) is 6.07. The molecule has 4 heteroatoms. The molecule has 4 nitrogen and oxygen atoms in total. The summed E-state index contributed by atoms with van der Waals surface area (Å²) in [5.74, 6) is 0.0856. The Labute approximate surface area is 90.8 Å². The molecule has 1 aliphatic carbocycles. The first-order valence-electron chi connectivity index (χ1n) is 5.93. The molecule has 1 N–H and O–H groups in total. The highest BCUT2D eigenvalue weighted by Crippen LogP contribution is 2.24. The zero-order valence-corrected chi connectivity index (χ0v) is 9.35. The Morgan fingerprint density at radius 2 is 1.93 bits per heavy atom. The summed E-state index contributed by atoms with van der Waals surface area (Å²) >= 11 is 0. The van der Waals surface area contributed by atoms with Gasteiger partial charge in [0.2, 0.25) is 5.91 Å². The number of hydrogen-bond donors (Lipinski definition) is 1. The zero-order chi connectivity index (χ0) is 10.8. The van der Waals surface area contributed by atoms with E-state index in [0.29, 0.717) is 12.6 Å². The average Bonchev–Trinajstić information content (AvgIpc) is 2.25. The molecule has 2 fully saturated rings. The van der Waals surface area contributed by atoms with E-state index < -0.39 is 0 Å². The number of nitrogens with zero attached hydrogens (tertiary/aromatic N) is 2. The first-order valence-corrected chi connectivity index (χ1v) is 5.93. The molecule has 0 radical (unpaired) electrons. The van der Waals surface area contributed by atoms with Gasteiger partial charge < -0.3 is 10.1 Å². The van der Waals surface area contributed by atoms with Gasteiger partial charge in [-0.1, -0.05) is 19.3 Å². The van der Waals surface area contributed by atoms with E-state index in [1.54, 1.807) is 0 Å². The smallest absolute Gasteiger partial charge is 0.239 e. The second-order valence-corrected chi connectivity index (χ2v) is 4.78. The molecule has 1 saturated carbocycles. The van der Waals surface area contributed by atoms with Crippen LogP contribution in [-0.2, 0) is 4.79 Å². The van der Waals surface area contributed by atoms with E-state index in [-0.39, 0.29) is 18.5 Å². The highest BCUT2D eigenvalue weighted by Gasteiger charge is 2.33. The molecule has 0 aromatic rings. The van der Waals surface area contributed by atoms with Crippen molar-refractivity contribution in [2.45, 2.75) is 51.1 Å².